The van der Waals surface area contributed by atoms with Crippen LogP contribution in [-0.4, -0.2) is 50.6 Å². The predicted octanol–water partition coefficient (Wildman–Crippen LogP) is 3.69. The lowest BCUT2D eigenvalue weighted by molar-refractivity contribution is -0.133. The average Bonchev–Trinajstić information content (AvgIpc) is 3.49. The molecule has 7 heteroatoms. The second-order valence-corrected chi connectivity index (χ2v) is 8.26. The van der Waals surface area contributed by atoms with E-state index in [0.717, 1.165) is 25.1 Å². The summed E-state index contributed by atoms with van der Waals surface area (Å²) in [5, 5.41) is 6.24. The highest BCUT2D eigenvalue weighted by Gasteiger charge is 2.31. The van der Waals surface area contributed by atoms with Crippen LogP contribution in [0.3, 0.4) is 0 Å². The lowest BCUT2D eigenvalue weighted by atomic mass is 10.1. The quantitative estimate of drug-likeness (QED) is 0.639. The highest BCUT2D eigenvalue weighted by Crippen LogP contribution is 2.34. The summed E-state index contributed by atoms with van der Waals surface area (Å²) in [6, 6.07) is 12.9. The maximum atomic E-state index is 13.0. The molecule has 0 bridgehead atoms. The van der Waals surface area contributed by atoms with Gasteiger partial charge in [-0.3, -0.25) is 9.69 Å². The van der Waals surface area contributed by atoms with E-state index >= 15 is 0 Å². The van der Waals surface area contributed by atoms with E-state index in [1.54, 1.807) is 22.3 Å². The third-order valence-electron chi connectivity index (χ3n) is 5.55. The molecule has 6 nitrogen and oxygen atoms in total. The molecule has 2 aromatic heterocycles. The van der Waals surface area contributed by atoms with Gasteiger partial charge in [-0.05, 0) is 56.0 Å². The molecular weight excluding hydrogens is 370 g/mol. The largest absolute Gasteiger partial charge is 0.334 e. The summed E-state index contributed by atoms with van der Waals surface area (Å²) in [4.78, 5) is 22.4. The van der Waals surface area contributed by atoms with Gasteiger partial charge in [0.2, 0.25) is 5.91 Å². The molecule has 0 radical (unpaired) electrons. The minimum Gasteiger partial charge on any atom is -0.334 e. The Balaban J connectivity index is 1.40. The van der Waals surface area contributed by atoms with Crippen molar-refractivity contribution in [2.45, 2.75) is 31.8 Å². The number of rotatable bonds is 6. The van der Waals surface area contributed by atoms with Gasteiger partial charge in [0.05, 0.1) is 18.3 Å². The fraction of sp³-hybridized carbons (Fsp3) is 0.381. The summed E-state index contributed by atoms with van der Waals surface area (Å²) in [5.41, 5.74) is 2.15. The van der Waals surface area contributed by atoms with Gasteiger partial charge >= 0.3 is 0 Å². The van der Waals surface area contributed by atoms with Gasteiger partial charge in [0.25, 0.3) is 0 Å². The summed E-state index contributed by atoms with van der Waals surface area (Å²) in [6.45, 7) is 3.42. The van der Waals surface area contributed by atoms with Crippen LogP contribution in [0.5, 0.6) is 0 Å². The van der Waals surface area contributed by atoms with Crippen LogP contribution in [-0.2, 0) is 4.79 Å². The zero-order valence-corrected chi connectivity index (χ0v) is 17.0. The molecule has 0 N–H and O–H groups in total. The first kappa shape index (κ1) is 18.8. The first-order valence-electron chi connectivity index (χ1n) is 9.61. The number of hydrogen-bond donors (Lipinski definition) is 0. The number of carbonyl (C=O) groups is 1. The van der Waals surface area contributed by atoms with Crippen molar-refractivity contribution in [3.8, 4) is 5.69 Å². The summed E-state index contributed by atoms with van der Waals surface area (Å²) in [7, 11) is 2.02. The molecule has 0 aliphatic carbocycles. The molecule has 0 spiro atoms. The standard InChI is InChI=1S/C21H25N5OS/c1-16(17-7-9-18(10-8-17)26-15-22-14-23-26)24(2)13-21(27)25-11-3-5-19(25)20-6-4-12-28-20/h4,6-10,12,14-16,19H,3,5,11,13H2,1-2H3. The lowest BCUT2D eigenvalue weighted by Crippen LogP contribution is -2.39. The predicted molar refractivity (Wildman–Crippen MR) is 110 cm³/mol. The molecule has 4 rings (SSSR count). The first-order valence-corrected chi connectivity index (χ1v) is 10.5. The number of aromatic nitrogens is 3. The van der Waals surface area contributed by atoms with Crippen LogP contribution < -0.4 is 0 Å². The van der Waals surface area contributed by atoms with Crippen LogP contribution in [0, 0.1) is 0 Å². The molecule has 1 saturated heterocycles. The molecule has 1 aromatic carbocycles. The van der Waals surface area contributed by atoms with Gasteiger partial charge in [-0.25, -0.2) is 9.67 Å². The van der Waals surface area contributed by atoms with Crippen molar-refractivity contribution in [1.29, 1.82) is 0 Å². The van der Waals surface area contributed by atoms with Crippen LogP contribution >= 0.6 is 11.3 Å². The van der Waals surface area contributed by atoms with Crippen LogP contribution in [0.1, 0.15) is 42.3 Å². The highest BCUT2D eigenvalue weighted by molar-refractivity contribution is 7.10. The Morgan fingerprint density at radius 1 is 1.32 bits per heavy atom. The number of likely N-dealkylation sites (tertiary alicyclic amines) is 1. The van der Waals surface area contributed by atoms with E-state index in [0.29, 0.717) is 6.54 Å². The van der Waals surface area contributed by atoms with Crippen molar-refractivity contribution in [2.24, 2.45) is 0 Å². The molecular formula is C21H25N5OS. The summed E-state index contributed by atoms with van der Waals surface area (Å²) in [5.74, 6) is 0.212. The SMILES string of the molecule is CC(c1ccc(-n2cncn2)cc1)N(C)CC(=O)N1CCCC1c1cccs1. The van der Waals surface area contributed by atoms with Crippen LogP contribution in [0.4, 0.5) is 0 Å². The van der Waals surface area contributed by atoms with Crippen molar-refractivity contribution >= 4 is 17.2 Å². The number of benzene rings is 1. The zero-order valence-electron chi connectivity index (χ0n) is 16.2. The Bertz CT molecular complexity index is 892. The Labute approximate surface area is 169 Å². The second kappa shape index (κ2) is 8.24. The van der Waals surface area contributed by atoms with Crippen LogP contribution in [0.25, 0.3) is 5.69 Å². The molecule has 3 aromatic rings. The Hall–Kier alpha value is -2.51. The van der Waals surface area contributed by atoms with Gasteiger partial charge in [-0.15, -0.1) is 11.3 Å². The van der Waals surface area contributed by atoms with E-state index in [4.69, 9.17) is 0 Å². The monoisotopic (exact) mass is 395 g/mol. The van der Waals surface area contributed by atoms with E-state index in [1.807, 2.05) is 19.2 Å². The maximum Gasteiger partial charge on any atom is 0.237 e. The third kappa shape index (κ3) is 3.86. The Kier molecular flexibility index (Phi) is 5.54. The van der Waals surface area contributed by atoms with Crippen molar-refractivity contribution in [3.63, 3.8) is 0 Å². The Morgan fingerprint density at radius 3 is 2.82 bits per heavy atom. The Morgan fingerprint density at radius 2 is 2.14 bits per heavy atom. The third-order valence-corrected chi connectivity index (χ3v) is 6.52. The zero-order chi connectivity index (χ0) is 19.5. The molecule has 2 unspecified atom stereocenters. The molecule has 28 heavy (non-hydrogen) atoms. The number of likely N-dealkylation sites (N-methyl/N-ethyl adjacent to an activating group) is 1. The first-order chi connectivity index (χ1) is 13.6. The molecule has 0 saturated carbocycles. The summed E-state index contributed by atoms with van der Waals surface area (Å²) < 4.78 is 1.74. The normalized spacial score (nSPS) is 18.0. The molecule has 1 aliphatic heterocycles. The van der Waals surface area contributed by atoms with E-state index < -0.39 is 0 Å². The number of hydrogen-bond acceptors (Lipinski definition) is 5. The smallest absolute Gasteiger partial charge is 0.237 e. The number of amides is 1. The lowest BCUT2D eigenvalue weighted by Gasteiger charge is -2.29. The topological polar surface area (TPSA) is 54.3 Å². The van der Waals surface area contributed by atoms with Crippen LogP contribution in [0.15, 0.2) is 54.4 Å². The highest BCUT2D eigenvalue weighted by atomic mass is 32.1. The minimum absolute atomic E-state index is 0.150. The molecule has 1 aliphatic rings. The fourth-order valence-corrected chi connectivity index (χ4v) is 4.66. The number of thiophene rings is 1. The van der Waals surface area contributed by atoms with Gasteiger partial charge in [-0.1, -0.05) is 18.2 Å². The average molecular weight is 396 g/mol. The van der Waals surface area contributed by atoms with Crippen molar-refractivity contribution in [1.82, 2.24) is 24.6 Å². The van der Waals surface area contributed by atoms with Gasteiger partial charge in [0.15, 0.2) is 0 Å². The molecule has 1 amide bonds. The van der Waals surface area contributed by atoms with E-state index in [2.05, 4.69) is 56.5 Å². The molecule has 3 heterocycles. The maximum absolute atomic E-state index is 13.0. The second-order valence-electron chi connectivity index (χ2n) is 7.28. The molecule has 1 fully saturated rings. The molecule has 146 valence electrons. The number of carbonyl (C=O) groups excluding carboxylic acids is 1. The summed E-state index contributed by atoms with van der Waals surface area (Å²) in [6.07, 6.45) is 5.35. The summed E-state index contributed by atoms with van der Waals surface area (Å²) >= 11 is 1.74. The van der Waals surface area contributed by atoms with Gasteiger partial charge < -0.3 is 4.90 Å². The van der Waals surface area contributed by atoms with E-state index in [-0.39, 0.29) is 18.0 Å². The van der Waals surface area contributed by atoms with Gasteiger partial charge in [0.1, 0.15) is 12.7 Å². The van der Waals surface area contributed by atoms with Crippen molar-refractivity contribution < 1.29 is 4.79 Å². The van der Waals surface area contributed by atoms with Crippen molar-refractivity contribution in [3.05, 3.63) is 64.9 Å². The van der Waals surface area contributed by atoms with E-state index in [9.17, 15) is 4.79 Å². The number of nitrogens with zero attached hydrogens (tertiary/aromatic N) is 5. The van der Waals surface area contributed by atoms with Gasteiger partial charge in [0, 0.05) is 17.5 Å². The van der Waals surface area contributed by atoms with Gasteiger partial charge in [-0.2, -0.15) is 5.10 Å². The van der Waals surface area contributed by atoms with E-state index in [1.165, 1.54) is 16.8 Å². The molecule has 2 atom stereocenters. The van der Waals surface area contributed by atoms with Crippen LogP contribution in [0.2, 0.25) is 0 Å². The van der Waals surface area contributed by atoms with Crippen molar-refractivity contribution in [2.75, 3.05) is 20.1 Å². The minimum atomic E-state index is 0.150. The fourth-order valence-electron chi connectivity index (χ4n) is 3.78.